The van der Waals surface area contributed by atoms with Crippen LogP contribution < -0.4 is 10.6 Å². The number of carbonyl (C=O) groups excluding carboxylic acids is 1. The number of benzene rings is 2. The highest BCUT2D eigenvalue weighted by molar-refractivity contribution is 5.74. The molecule has 2 aromatic carbocycles. The van der Waals surface area contributed by atoms with Gasteiger partial charge in [-0.05, 0) is 48.8 Å². The highest BCUT2D eigenvalue weighted by Gasteiger charge is 2.20. The summed E-state index contributed by atoms with van der Waals surface area (Å²) in [5.74, 6) is 0. The Balaban J connectivity index is 1.43. The first-order valence-electron chi connectivity index (χ1n) is 8.49. The van der Waals surface area contributed by atoms with Gasteiger partial charge in [-0.1, -0.05) is 54.6 Å². The molecular weight excluding hydrogens is 284 g/mol. The quantitative estimate of drug-likeness (QED) is 0.806. The molecule has 1 aliphatic rings. The molecule has 0 heterocycles. The van der Waals surface area contributed by atoms with Gasteiger partial charge in [0.1, 0.15) is 0 Å². The fourth-order valence-corrected chi connectivity index (χ4v) is 3.25. The van der Waals surface area contributed by atoms with Crippen LogP contribution in [0.15, 0.2) is 54.6 Å². The van der Waals surface area contributed by atoms with Crippen molar-refractivity contribution in [3.05, 3.63) is 71.3 Å². The number of rotatable bonds is 5. The second-order valence-electron chi connectivity index (χ2n) is 6.13. The predicted octanol–water partition coefficient (Wildman–Crippen LogP) is 4.00. The van der Waals surface area contributed by atoms with Gasteiger partial charge in [-0.2, -0.15) is 0 Å². The number of hydrogen-bond donors (Lipinski definition) is 2. The molecule has 0 aliphatic heterocycles. The minimum Gasteiger partial charge on any atom is -0.338 e. The Morgan fingerprint density at radius 2 is 1.83 bits per heavy atom. The number of hydrogen-bond acceptors (Lipinski definition) is 1. The summed E-state index contributed by atoms with van der Waals surface area (Å²) in [6.07, 6.45) is 5.23. The zero-order chi connectivity index (χ0) is 15.9. The molecule has 2 amide bonds. The topological polar surface area (TPSA) is 41.1 Å². The summed E-state index contributed by atoms with van der Waals surface area (Å²) in [6.45, 7) is 0.703. The third kappa shape index (κ3) is 4.35. The summed E-state index contributed by atoms with van der Waals surface area (Å²) < 4.78 is 0. The van der Waals surface area contributed by atoms with Crippen molar-refractivity contribution in [1.82, 2.24) is 10.6 Å². The highest BCUT2D eigenvalue weighted by Crippen LogP contribution is 2.29. The third-order valence-electron chi connectivity index (χ3n) is 4.45. The molecule has 2 N–H and O–H groups in total. The average molecular weight is 308 g/mol. The van der Waals surface area contributed by atoms with E-state index in [4.69, 9.17) is 0 Å². The van der Waals surface area contributed by atoms with Crippen LogP contribution in [0.1, 0.15) is 42.0 Å². The molecule has 3 rings (SSSR count). The van der Waals surface area contributed by atoms with Gasteiger partial charge in [-0.3, -0.25) is 0 Å². The van der Waals surface area contributed by atoms with Crippen molar-refractivity contribution in [2.24, 2.45) is 0 Å². The molecule has 3 nitrogen and oxygen atoms in total. The molecule has 3 heteroatoms. The lowest BCUT2D eigenvalue weighted by molar-refractivity contribution is 0.235. The van der Waals surface area contributed by atoms with Crippen LogP contribution in [0.4, 0.5) is 4.79 Å². The monoisotopic (exact) mass is 308 g/mol. The van der Waals surface area contributed by atoms with E-state index in [1.165, 1.54) is 16.7 Å². The standard InChI is InChI=1S/C20H24N2O/c23-20(21-15-7-10-16-8-2-1-3-9-16)22-19-14-6-12-17-11-4-5-13-18(17)19/h1-5,8-9,11,13,19H,6-7,10,12,14-15H2,(H2,21,22,23)/t19-/m0/s1. The third-order valence-corrected chi connectivity index (χ3v) is 4.45. The second kappa shape index (κ2) is 7.82. The van der Waals surface area contributed by atoms with Gasteiger partial charge < -0.3 is 10.6 Å². The first-order chi connectivity index (χ1) is 11.3. The SMILES string of the molecule is O=C(NCCCc1ccccc1)N[C@H]1CCCc2ccccc21. The van der Waals surface area contributed by atoms with E-state index in [0.29, 0.717) is 6.54 Å². The maximum Gasteiger partial charge on any atom is 0.315 e. The maximum atomic E-state index is 12.1. The summed E-state index contributed by atoms with van der Waals surface area (Å²) in [4.78, 5) is 12.1. The summed E-state index contributed by atoms with van der Waals surface area (Å²) >= 11 is 0. The molecule has 23 heavy (non-hydrogen) atoms. The van der Waals surface area contributed by atoms with Crippen LogP contribution in [0.2, 0.25) is 0 Å². The lowest BCUT2D eigenvalue weighted by Crippen LogP contribution is -2.39. The Morgan fingerprint density at radius 3 is 2.70 bits per heavy atom. The van der Waals surface area contributed by atoms with Crippen molar-refractivity contribution in [3.8, 4) is 0 Å². The van der Waals surface area contributed by atoms with Gasteiger partial charge in [0.2, 0.25) is 0 Å². The Kier molecular flexibility index (Phi) is 5.30. The van der Waals surface area contributed by atoms with Gasteiger partial charge in [0.15, 0.2) is 0 Å². The van der Waals surface area contributed by atoms with Crippen molar-refractivity contribution in [2.75, 3.05) is 6.54 Å². The van der Waals surface area contributed by atoms with E-state index in [2.05, 4.69) is 59.2 Å². The second-order valence-corrected chi connectivity index (χ2v) is 6.13. The summed E-state index contributed by atoms with van der Waals surface area (Å²) in [7, 11) is 0. The van der Waals surface area contributed by atoms with Crippen molar-refractivity contribution < 1.29 is 4.79 Å². The zero-order valence-electron chi connectivity index (χ0n) is 13.4. The minimum absolute atomic E-state index is 0.0558. The Morgan fingerprint density at radius 1 is 1.04 bits per heavy atom. The fourth-order valence-electron chi connectivity index (χ4n) is 3.25. The van der Waals surface area contributed by atoms with Gasteiger partial charge in [0, 0.05) is 6.54 Å². The van der Waals surface area contributed by atoms with E-state index in [-0.39, 0.29) is 12.1 Å². The molecule has 1 atom stereocenters. The summed E-state index contributed by atoms with van der Waals surface area (Å²) in [5.41, 5.74) is 3.96. The van der Waals surface area contributed by atoms with Crippen LogP contribution in [-0.2, 0) is 12.8 Å². The molecule has 120 valence electrons. The van der Waals surface area contributed by atoms with Gasteiger partial charge in [-0.15, -0.1) is 0 Å². The number of nitrogens with one attached hydrogen (secondary N) is 2. The van der Waals surface area contributed by atoms with Crippen LogP contribution in [0, 0.1) is 0 Å². The van der Waals surface area contributed by atoms with E-state index in [1.54, 1.807) is 0 Å². The molecule has 0 spiro atoms. The molecule has 0 unspecified atom stereocenters. The van der Waals surface area contributed by atoms with E-state index < -0.39 is 0 Å². The molecule has 0 saturated carbocycles. The smallest absolute Gasteiger partial charge is 0.315 e. The van der Waals surface area contributed by atoms with Gasteiger partial charge in [0.05, 0.1) is 6.04 Å². The highest BCUT2D eigenvalue weighted by atomic mass is 16.2. The molecule has 0 fully saturated rings. The largest absolute Gasteiger partial charge is 0.338 e. The van der Waals surface area contributed by atoms with Crippen LogP contribution in [0.5, 0.6) is 0 Å². The Labute approximate surface area is 138 Å². The van der Waals surface area contributed by atoms with Crippen molar-refractivity contribution in [2.45, 2.75) is 38.1 Å². The van der Waals surface area contributed by atoms with E-state index in [9.17, 15) is 4.79 Å². The van der Waals surface area contributed by atoms with Crippen LogP contribution in [0.25, 0.3) is 0 Å². The molecular formula is C20H24N2O. The molecule has 1 aliphatic carbocycles. The van der Waals surface area contributed by atoms with Gasteiger partial charge >= 0.3 is 6.03 Å². The number of aryl methyl sites for hydroxylation is 2. The first-order valence-corrected chi connectivity index (χ1v) is 8.49. The van der Waals surface area contributed by atoms with E-state index in [0.717, 1.165) is 32.1 Å². The fraction of sp³-hybridized carbons (Fsp3) is 0.350. The normalized spacial score (nSPS) is 16.4. The molecule has 0 saturated heterocycles. The lowest BCUT2D eigenvalue weighted by Gasteiger charge is -2.26. The number of fused-ring (bicyclic) bond motifs is 1. The van der Waals surface area contributed by atoms with Crippen LogP contribution >= 0.6 is 0 Å². The molecule has 2 aromatic rings. The predicted molar refractivity (Wildman–Crippen MR) is 93.4 cm³/mol. The van der Waals surface area contributed by atoms with E-state index >= 15 is 0 Å². The lowest BCUT2D eigenvalue weighted by atomic mass is 9.88. The van der Waals surface area contributed by atoms with Crippen LogP contribution in [-0.4, -0.2) is 12.6 Å². The summed E-state index contributed by atoms with van der Waals surface area (Å²) in [6, 6.07) is 18.9. The molecule has 0 bridgehead atoms. The molecule has 0 aromatic heterocycles. The maximum absolute atomic E-state index is 12.1. The zero-order valence-corrected chi connectivity index (χ0v) is 13.4. The number of amides is 2. The van der Waals surface area contributed by atoms with Crippen molar-refractivity contribution >= 4 is 6.03 Å². The van der Waals surface area contributed by atoms with Crippen molar-refractivity contribution in [3.63, 3.8) is 0 Å². The number of urea groups is 1. The van der Waals surface area contributed by atoms with Crippen LogP contribution in [0.3, 0.4) is 0 Å². The average Bonchev–Trinajstić information content (AvgIpc) is 2.60. The van der Waals surface area contributed by atoms with Gasteiger partial charge in [0.25, 0.3) is 0 Å². The first kappa shape index (κ1) is 15.6. The summed E-state index contributed by atoms with van der Waals surface area (Å²) in [5, 5.41) is 6.10. The molecule has 0 radical (unpaired) electrons. The Bertz CT molecular complexity index is 639. The number of carbonyl (C=O) groups is 1. The van der Waals surface area contributed by atoms with E-state index in [1.807, 2.05) is 6.07 Å². The van der Waals surface area contributed by atoms with Crippen molar-refractivity contribution in [1.29, 1.82) is 0 Å². The Hall–Kier alpha value is -2.29. The minimum atomic E-state index is -0.0558. The van der Waals surface area contributed by atoms with Gasteiger partial charge in [-0.25, -0.2) is 4.79 Å².